The lowest BCUT2D eigenvalue weighted by molar-refractivity contribution is 0.102. The van der Waals surface area contributed by atoms with Crippen LogP contribution < -0.4 is 0 Å². The van der Waals surface area contributed by atoms with Crippen LogP contribution in [0.25, 0.3) is 0 Å². The summed E-state index contributed by atoms with van der Waals surface area (Å²) in [6.07, 6.45) is 0.818. The van der Waals surface area contributed by atoms with Crippen molar-refractivity contribution in [2.24, 2.45) is 0 Å². The van der Waals surface area contributed by atoms with Crippen LogP contribution in [0.4, 0.5) is 13.2 Å². The molecule has 0 aliphatic carbocycles. The number of pyridine rings is 1. The Balaban J connectivity index is 2.52. The van der Waals surface area contributed by atoms with Gasteiger partial charge in [0.1, 0.15) is 23.1 Å². The van der Waals surface area contributed by atoms with Crippen LogP contribution in [-0.4, -0.2) is 10.8 Å². The molecule has 0 unspecified atom stereocenters. The predicted molar refractivity (Wildman–Crippen MR) is 58.7 cm³/mol. The number of aromatic nitrogens is 1. The molecule has 1 heterocycles. The van der Waals surface area contributed by atoms with E-state index in [1.165, 1.54) is 13.0 Å². The standard InChI is InChI=1S/C13H8F3NO/c1-7-2-4-9(15)11(12(7)16)13(18)10-5-3-8(14)6-17-10/h2-6H,1H3. The van der Waals surface area contributed by atoms with E-state index < -0.39 is 28.8 Å². The second-order valence-corrected chi connectivity index (χ2v) is 3.74. The third kappa shape index (κ3) is 2.11. The molecular formula is C13H8F3NO. The maximum Gasteiger partial charge on any atom is 0.217 e. The zero-order valence-corrected chi connectivity index (χ0v) is 9.38. The maximum atomic E-state index is 13.7. The molecule has 5 heteroatoms. The molecule has 0 saturated heterocycles. The van der Waals surface area contributed by atoms with Crippen LogP contribution in [0.15, 0.2) is 30.5 Å². The Morgan fingerprint density at radius 2 is 1.83 bits per heavy atom. The highest BCUT2D eigenvalue weighted by Crippen LogP contribution is 2.19. The van der Waals surface area contributed by atoms with Gasteiger partial charge in [-0.15, -0.1) is 0 Å². The van der Waals surface area contributed by atoms with Crippen molar-refractivity contribution in [2.75, 3.05) is 0 Å². The van der Waals surface area contributed by atoms with Crippen molar-refractivity contribution in [1.29, 1.82) is 0 Å². The summed E-state index contributed by atoms with van der Waals surface area (Å²) in [5.74, 6) is -3.43. The number of benzene rings is 1. The van der Waals surface area contributed by atoms with Crippen LogP contribution >= 0.6 is 0 Å². The zero-order valence-electron chi connectivity index (χ0n) is 9.38. The van der Waals surface area contributed by atoms with Gasteiger partial charge in [0.05, 0.1) is 11.8 Å². The lowest BCUT2D eigenvalue weighted by Crippen LogP contribution is -2.10. The molecule has 0 saturated carbocycles. The van der Waals surface area contributed by atoms with Crippen molar-refractivity contribution in [2.45, 2.75) is 6.92 Å². The van der Waals surface area contributed by atoms with E-state index in [-0.39, 0.29) is 11.3 Å². The van der Waals surface area contributed by atoms with Gasteiger partial charge in [-0.1, -0.05) is 6.07 Å². The molecular weight excluding hydrogens is 243 g/mol. The average Bonchev–Trinajstić information content (AvgIpc) is 2.35. The Labute approximate surface area is 101 Å². The summed E-state index contributed by atoms with van der Waals surface area (Å²) >= 11 is 0. The Morgan fingerprint density at radius 3 is 2.44 bits per heavy atom. The van der Waals surface area contributed by atoms with Gasteiger partial charge in [-0.25, -0.2) is 18.2 Å². The molecule has 2 aromatic rings. The summed E-state index contributed by atoms with van der Waals surface area (Å²) in [4.78, 5) is 15.4. The number of halogens is 3. The highest BCUT2D eigenvalue weighted by atomic mass is 19.1. The Hall–Kier alpha value is -2.17. The molecule has 0 radical (unpaired) electrons. The van der Waals surface area contributed by atoms with Gasteiger partial charge >= 0.3 is 0 Å². The van der Waals surface area contributed by atoms with Gasteiger partial charge in [0.15, 0.2) is 0 Å². The third-order valence-electron chi connectivity index (χ3n) is 2.47. The molecule has 1 aromatic heterocycles. The van der Waals surface area contributed by atoms with Crippen molar-refractivity contribution in [3.05, 3.63) is 64.7 Å². The van der Waals surface area contributed by atoms with Crippen molar-refractivity contribution < 1.29 is 18.0 Å². The molecule has 0 N–H and O–H groups in total. The van der Waals surface area contributed by atoms with Crippen LogP contribution in [0.2, 0.25) is 0 Å². The molecule has 0 spiro atoms. The zero-order chi connectivity index (χ0) is 13.3. The second-order valence-electron chi connectivity index (χ2n) is 3.74. The first-order valence-electron chi connectivity index (χ1n) is 5.11. The lowest BCUT2D eigenvalue weighted by atomic mass is 10.0. The van der Waals surface area contributed by atoms with Gasteiger partial charge in [0, 0.05) is 0 Å². The van der Waals surface area contributed by atoms with Crippen LogP contribution in [-0.2, 0) is 0 Å². The van der Waals surface area contributed by atoms with Crippen LogP contribution in [0.3, 0.4) is 0 Å². The van der Waals surface area contributed by atoms with E-state index in [0.29, 0.717) is 0 Å². The Kier molecular flexibility index (Phi) is 3.14. The van der Waals surface area contributed by atoms with Gasteiger partial charge in [0.25, 0.3) is 0 Å². The quantitative estimate of drug-likeness (QED) is 0.768. The molecule has 0 bridgehead atoms. The summed E-state index contributed by atoms with van der Waals surface area (Å²) in [5.41, 5.74) is -0.726. The van der Waals surface area contributed by atoms with Gasteiger partial charge in [0.2, 0.25) is 5.78 Å². The summed E-state index contributed by atoms with van der Waals surface area (Å²) in [7, 11) is 0. The molecule has 1 aromatic carbocycles. The number of nitrogens with zero attached hydrogens (tertiary/aromatic N) is 1. The number of aryl methyl sites for hydroxylation is 1. The highest BCUT2D eigenvalue weighted by molar-refractivity contribution is 6.08. The monoisotopic (exact) mass is 251 g/mol. The summed E-state index contributed by atoms with van der Waals surface area (Å²) in [6.45, 7) is 1.42. The second kappa shape index (κ2) is 4.60. The molecule has 2 rings (SSSR count). The van der Waals surface area contributed by atoms with E-state index in [4.69, 9.17) is 0 Å². The van der Waals surface area contributed by atoms with Crippen molar-refractivity contribution in [3.8, 4) is 0 Å². The molecule has 0 aliphatic rings. The molecule has 0 atom stereocenters. The van der Waals surface area contributed by atoms with E-state index in [1.54, 1.807) is 0 Å². The average molecular weight is 251 g/mol. The molecule has 0 fully saturated rings. The SMILES string of the molecule is Cc1ccc(F)c(C(=O)c2ccc(F)cn2)c1F. The maximum absolute atomic E-state index is 13.7. The normalized spacial score (nSPS) is 10.4. The topological polar surface area (TPSA) is 30.0 Å². The molecule has 0 amide bonds. The number of ketones is 1. The van der Waals surface area contributed by atoms with Crippen molar-refractivity contribution in [1.82, 2.24) is 4.98 Å². The minimum atomic E-state index is -0.964. The number of hydrogen-bond acceptors (Lipinski definition) is 2. The fourth-order valence-corrected chi connectivity index (χ4v) is 1.50. The number of rotatable bonds is 2. The minimum absolute atomic E-state index is 0.155. The molecule has 92 valence electrons. The largest absolute Gasteiger partial charge is 0.287 e. The van der Waals surface area contributed by atoms with Gasteiger partial charge < -0.3 is 0 Å². The summed E-state index contributed by atoms with van der Waals surface area (Å²) in [6, 6.07) is 4.33. The number of carbonyl (C=O) groups excluding carboxylic acids is 1. The first-order valence-corrected chi connectivity index (χ1v) is 5.11. The van der Waals surface area contributed by atoms with Crippen molar-refractivity contribution in [3.63, 3.8) is 0 Å². The summed E-state index contributed by atoms with van der Waals surface area (Å²) < 4.78 is 39.9. The third-order valence-corrected chi connectivity index (χ3v) is 2.47. The molecule has 2 nitrogen and oxygen atoms in total. The van der Waals surface area contributed by atoms with E-state index in [2.05, 4.69) is 4.98 Å². The first-order chi connectivity index (χ1) is 8.50. The van der Waals surface area contributed by atoms with Crippen molar-refractivity contribution >= 4 is 5.78 Å². The van der Waals surface area contributed by atoms with E-state index in [9.17, 15) is 18.0 Å². The van der Waals surface area contributed by atoms with E-state index in [0.717, 1.165) is 24.4 Å². The highest BCUT2D eigenvalue weighted by Gasteiger charge is 2.21. The number of carbonyl (C=O) groups is 1. The Bertz CT molecular complexity index is 608. The van der Waals surface area contributed by atoms with Crippen LogP contribution in [0.5, 0.6) is 0 Å². The van der Waals surface area contributed by atoms with Gasteiger partial charge in [-0.05, 0) is 30.7 Å². The summed E-state index contributed by atoms with van der Waals surface area (Å²) in [5, 5.41) is 0. The Morgan fingerprint density at radius 1 is 1.11 bits per heavy atom. The first kappa shape index (κ1) is 12.3. The van der Waals surface area contributed by atoms with Crippen LogP contribution in [0.1, 0.15) is 21.6 Å². The lowest BCUT2D eigenvalue weighted by Gasteiger charge is -2.05. The smallest absolute Gasteiger partial charge is 0.217 e. The van der Waals surface area contributed by atoms with E-state index >= 15 is 0 Å². The van der Waals surface area contributed by atoms with E-state index in [1.807, 2.05) is 0 Å². The molecule has 18 heavy (non-hydrogen) atoms. The van der Waals surface area contributed by atoms with Crippen LogP contribution in [0, 0.1) is 24.4 Å². The fourth-order valence-electron chi connectivity index (χ4n) is 1.50. The number of hydrogen-bond donors (Lipinski definition) is 0. The molecule has 0 aliphatic heterocycles. The minimum Gasteiger partial charge on any atom is -0.287 e. The van der Waals surface area contributed by atoms with Gasteiger partial charge in [-0.3, -0.25) is 4.79 Å². The predicted octanol–water partition coefficient (Wildman–Crippen LogP) is 3.04. The fraction of sp³-hybridized carbons (Fsp3) is 0.0769. The van der Waals surface area contributed by atoms with Gasteiger partial charge in [-0.2, -0.15) is 0 Å².